The largest absolute Gasteiger partial charge is 0.493 e. The van der Waals surface area contributed by atoms with E-state index < -0.39 is 0 Å². The predicted octanol–water partition coefficient (Wildman–Crippen LogP) is 4.13. The highest BCUT2D eigenvalue weighted by molar-refractivity contribution is 6.30. The fraction of sp³-hybridized carbons (Fsp3) is 0.136. The second kappa shape index (κ2) is 6.85. The summed E-state index contributed by atoms with van der Waals surface area (Å²) >= 11 is 6.11. The zero-order chi connectivity index (χ0) is 18.1. The summed E-state index contributed by atoms with van der Waals surface area (Å²) < 4.78 is 8.16. The van der Waals surface area contributed by atoms with Crippen molar-refractivity contribution in [2.45, 2.75) is 13.0 Å². The molecule has 2 aromatic carbocycles. The molecule has 0 fully saturated rings. The van der Waals surface area contributed by atoms with Crippen molar-refractivity contribution >= 4 is 46.4 Å². The average Bonchev–Trinajstić information content (AvgIpc) is 2.90. The Morgan fingerprint density at radius 3 is 2.23 bits per heavy atom. The Balaban J connectivity index is 1.50. The molecule has 0 radical (unpaired) electrons. The third-order valence-corrected chi connectivity index (χ3v) is 4.82. The van der Waals surface area contributed by atoms with Gasteiger partial charge in [-0.3, -0.25) is 0 Å². The third-order valence-electron chi connectivity index (χ3n) is 4.63. The first-order chi connectivity index (χ1) is 12.6. The monoisotopic (exact) mass is 362 g/mol. The van der Waals surface area contributed by atoms with Crippen LogP contribution in [0.4, 0.5) is 0 Å². The van der Waals surface area contributed by atoms with E-state index in [0.717, 1.165) is 51.1 Å². The van der Waals surface area contributed by atoms with Crippen LogP contribution >= 0.6 is 11.6 Å². The lowest BCUT2D eigenvalue weighted by Crippen LogP contribution is -2.25. The predicted molar refractivity (Wildman–Crippen MR) is 109 cm³/mol. The van der Waals surface area contributed by atoms with Gasteiger partial charge in [0, 0.05) is 39.5 Å². The number of aromatic nitrogens is 2. The topological polar surface area (TPSA) is 27.1 Å². The van der Waals surface area contributed by atoms with Crippen LogP contribution in [0.1, 0.15) is 6.42 Å². The van der Waals surface area contributed by atoms with Crippen LogP contribution < -0.4 is 15.4 Å². The molecule has 0 aliphatic carbocycles. The van der Waals surface area contributed by atoms with Gasteiger partial charge in [-0.1, -0.05) is 61.2 Å². The Bertz CT molecular complexity index is 1150. The van der Waals surface area contributed by atoms with Crippen molar-refractivity contribution in [2.75, 3.05) is 6.61 Å². The van der Waals surface area contributed by atoms with Crippen molar-refractivity contribution in [3.8, 4) is 5.75 Å². The maximum absolute atomic E-state index is 6.11. The Morgan fingerprint density at radius 2 is 1.54 bits per heavy atom. The highest BCUT2D eigenvalue weighted by Crippen LogP contribution is 2.27. The second-order valence-electron chi connectivity index (χ2n) is 6.25. The molecule has 4 rings (SSSR count). The number of para-hydroxylation sites is 1. The van der Waals surface area contributed by atoms with Crippen molar-refractivity contribution < 1.29 is 4.74 Å². The fourth-order valence-electron chi connectivity index (χ4n) is 3.35. The number of nitrogens with zero attached hydrogens (tertiary/aromatic N) is 2. The summed E-state index contributed by atoms with van der Waals surface area (Å²) in [6, 6.07) is 17.9. The molecule has 3 nitrogen and oxygen atoms in total. The molecule has 4 aromatic rings. The highest BCUT2D eigenvalue weighted by atomic mass is 35.5. The summed E-state index contributed by atoms with van der Waals surface area (Å²) in [6.45, 7) is 9.82. The number of benzene rings is 2. The van der Waals surface area contributed by atoms with Gasteiger partial charge in [-0.25, -0.2) is 4.98 Å². The molecule has 0 saturated carbocycles. The fourth-order valence-corrected chi connectivity index (χ4v) is 3.54. The van der Waals surface area contributed by atoms with E-state index >= 15 is 0 Å². The van der Waals surface area contributed by atoms with Crippen LogP contribution in [0.3, 0.4) is 0 Å². The molecule has 0 N–H and O–H groups in total. The van der Waals surface area contributed by atoms with Gasteiger partial charge in [0.25, 0.3) is 0 Å². The van der Waals surface area contributed by atoms with Gasteiger partial charge in [0.05, 0.1) is 12.1 Å². The Hall–Kier alpha value is -2.78. The van der Waals surface area contributed by atoms with E-state index in [-0.39, 0.29) is 0 Å². The van der Waals surface area contributed by atoms with E-state index in [1.165, 1.54) is 0 Å². The molecule has 0 atom stereocenters. The molecule has 4 heteroatoms. The van der Waals surface area contributed by atoms with E-state index in [4.69, 9.17) is 16.3 Å². The van der Waals surface area contributed by atoms with E-state index in [0.29, 0.717) is 11.8 Å². The van der Waals surface area contributed by atoms with Crippen LogP contribution in [0, 0.1) is 0 Å². The number of pyridine rings is 1. The molecule has 130 valence electrons. The van der Waals surface area contributed by atoms with Gasteiger partial charge in [-0.2, -0.15) is 0 Å². The lowest BCUT2D eigenvalue weighted by Gasteiger charge is -2.10. The maximum Gasteiger partial charge on any atom is 0.133 e. The molecule has 0 saturated heterocycles. The van der Waals surface area contributed by atoms with Crippen molar-refractivity contribution in [1.29, 1.82) is 0 Å². The summed E-state index contributed by atoms with van der Waals surface area (Å²) in [5.74, 6) is 0.767. The number of halogens is 1. The highest BCUT2D eigenvalue weighted by Gasteiger charge is 2.07. The van der Waals surface area contributed by atoms with Crippen molar-refractivity contribution in [3.05, 3.63) is 70.4 Å². The van der Waals surface area contributed by atoms with Crippen LogP contribution in [0.5, 0.6) is 5.75 Å². The van der Waals surface area contributed by atoms with Gasteiger partial charge < -0.3 is 9.30 Å². The van der Waals surface area contributed by atoms with Crippen LogP contribution in [0.25, 0.3) is 34.8 Å². The van der Waals surface area contributed by atoms with E-state index in [1.807, 2.05) is 36.4 Å². The van der Waals surface area contributed by atoms with Crippen molar-refractivity contribution in [2.24, 2.45) is 0 Å². The van der Waals surface area contributed by atoms with Gasteiger partial charge in [-0.15, -0.1) is 0 Å². The molecule has 0 bridgehead atoms. The number of ether oxygens (including phenoxy) is 1. The summed E-state index contributed by atoms with van der Waals surface area (Å²) in [5.41, 5.74) is 0.840. The zero-order valence-corrected chi connectivity index (χ0v) is 15.2. The van der Waals surface area contributed by atoms with E-state index in [1.54, 1.807) is 6.07 Å². The SMILES string of the molecule is C=c1c2ccccc2c(=C)n1CCCOc1cc(Cl)nc2ccccc12. The molecular formula is C22H19ClN2O. The minimum Gasteiger partial charge on any atom is -0.493 e. The molecular weight excluding hydrogens is 344 g/mol. The van der Waals surface area contributed by atoms with Crippen LogP contribution in [-0.4, -0.2) is 16.2 Å². The van der Waals surface area contributed by atoms with Crippen LogP contribution in [0.15, 0.2) is 54.6 Å². The molecule has 0 aliphatic heterocycles. The summed E-state index contributed by atoms with van der Waals surface area (Å²) in [6.07, 6.45) is 0.848. The summed E-state index contributed by atoms with van der Waals surface area (Å²) in [7, 11) is 0. The Morgan fingerprint density at radius 1 is 0.923 bits per heavy atom. The standard InChI is InChI=1S/C22H19ClN2O/c1-15-17-8-3-4-9-18(17)16(2)25(15)12-7-13-26-21-14-22(23)24-20-11-6-5-10-19(20)21/h3-6,8-11,14H,1-2,7,12-13H2. The smallest absolute Gasteiger partial charge is 0.133 e. The number of hydrogen-bond donors (Lipinski definition) is 0. The zero-order valence-electron chi connectivity index (χ0n) is 14.4. The Kier molecular flexibility index (Phi) is 4.39. The second-order valence-corrected chi connectivity index (χ2v) is 6.64. The van der Waals surface area contributed by atoms with Crippen LogP contribution in [0.2, 0.25) is 5.15 Å². The number of rotatable bonds is 5. The number of hydrogen-bond acceptors (Lipinski definition) is 2. The molecule has 0 unspecified atom stereocenters. The molecule has 2 heterocycles. The van der Waals surface area contributed by atoms with E-state index in [2.05, 4.69) is 34.8 Å². The first-order valence-corrected chi connectivity index (χ1v) is 8.96. The first-order valence-electron chi connectivity index (χ1n) is 8.58. The van der Waals surface area contributed by atoms with Crippen molar-refractivity contribution in [3.63, 3.8) is 0 Å². The minimum absolute atomic E-state index is 0.440. The van der Waals surface area contributed by atoms with Gasteiger partial charge in [0.1, 0.15) is 10.9 Å². The summed E-state index contributed by atoms with van der Waals surface area (Å²) in [5, 5.41) is 5.73. The minimum atomic E-state index is 0.440. The lowest BCUT2D eigenvalue weighted by molar-refractivity contribution is 0.304. The molecule has 26 heavy (non-hydrogen) atoms. The quantitative estimate of drug-likeness (QED) is 0.394. The maximum atomic E-state index is 6.11. The molecule has 2 aromatic heterocycles. The van der Waals surface area contributed by atoms with Gasteiger partial charge >= 0.3 is 0 Å². The Labute approximate surface area is 156 Å². The van der Waals surface area contributed by atoms with Crippen LogP contribution in [-0.2, 0) is 6.54 Å². The molecule has 0 amide bonds. The first kappa shape index (κ1) is 16.7. The summed E-state index contributed by atoms with van der Waals surface area (Å²) in [4.78, 5) is 4.32. The van der Waals surface area contributed by atoms with E-state index in [9.17, 15) is 0 Å². The lowest BCUT2D eigenvalue weighted by atomic mass is 10.2. The molecule has 0 spiro atoms. The third kappa shape index (κ3) is 2.95. The molecule has 0 aliphatic rings. The van der Waals surface area contributed by atoms with Gasteiger partial charge in [0.15, 0.2) is 0 Å². The number of fused-ring (bicyclic) bond motifs is 2. The van der Waals surface area contributed by atoms with Gasteiger partial charge in [-0.05, 0) is 18.6 Å². The normalized spacial score (nSPS) is 11.3. The average molecular weight is 363 g/mol. The van der Waals surface area contributed by atoms with Gasteiger partial charge in [0.2, 0.25) is 0 Å². The van der Waals surface area contributed by atoms with Crippen molar-refractivity contribution in [1.82, 2.24) is 9.55 Å².